The molecule has 31 heavy (non-hydrogen) atoms. The minimum Gasteiger partial charge on any atom is -0.493 e. The standard InChI is InChI=1S/C20H22F2N2O6S/c1-28-17-7-4-15(12-18(17)30-20(21)22)19(25)23-13-14-2-5-16(6-3-14)31(26,27)24-8-10-29-11-9-24/h2-7,12,20H,8-11,13H2,1H3,(H,23,25). The van der Waals surface area contributed by atoms with Gasteiger partial charge in [-0.15, -0.1) is 0 Å². The van der Waals surface area contributed by atoms with E-state index in [9.17, 15) is 22.0 Å². The van der Waals surface area contributed by atoms with Crippen LogP contribution in [0.15, 0.2) is 47.4 Å². The first-order chi connectivity index (χ1) is 14.8. The fourth-order valence-corrected chi connectivity index (χ4v) is 4.41. The number of carbonyl (C=O) groups is 1. The predicted octanol–water partition coefficient (Wildman–Crippen LogP) is 2.25. The van der Waals surface area contributed by atoms with Gasteiger partial charge in [0.15, 0.2) is 11.5 Å². The number of sulfonamides is 1. The highest BCUT2D eigenvalue weighted by Gasteiger charge is 2.26. The van der Waals surface area contributed by atoms with Crippen molar-refractivity contribution in [2.24, 2.45) is 0 Å². The molecule has 1 aliphatic heterocycles. The van der Waals surface area contributed by atoms with Crippen LogP contribution in [0.5, 0.6) is 11.5 Å². The largest absolute Gasteiger partial charge is 0.493 e. The van der Waals surface area contributed by atoms with Crippen molar-refractivity contribution < 1.29 is 36.2 Å². The SMILES string of the molecule is COc1ccc(C(=O)NCc2ccc(S(=O)(=O)N3CCOCC3)cc2)cc1OC(F)F. The molecular formula is C20H22F2N2O6S. The molecule has 1 N–H and O–H groups in total. The lowest BCUT2D eigenvalue weighted by Gasteiger charge is -2.26. The van der Waals surface area contributed by atoms with Crippen molar-refractivity contribution in [3.63, 3.8) is 0 Å². The number of morpholine rings is 1. The topological polar surface area (TPSA) is 94.2 Å². The molecule has 0 bridgehead atoms. The van der Waals surface area contributed by atoms with Gasteiger partial charge in [-0.05, 0) is 35.9 Å². The summed E-state index contributed by atoms with van der Waals surface area (Å²) in [5, 5.41) is 2.66. The molecule has 0 unspecified atom stereocenters. The number of carbonyl (C=O) groups excluding carboxylic acids is 1. The molecule has 0 aromatic heterocycles. The van der Waals surface area contributed by atoms with Gasteiger partial charge in [-0.3, -0.25) is 4.79 Å². The zero-order valence-corrected chi connectivity index (χ0v) is 17.5. The zero-order valence-electron chi connectivity index (χ0n) is 16.7. The maximum absolute atomic E-state index is 12.6. The lowest BCUT2D eigenvalue weighted by molar-refractivity contribution is -0.0512. The normalized spacial score (nSPS) is 15.0. The van der Waals surface area contributed by atoms with Crippen LogP contribution in [-0.2, 0) is 21.3 Å². The summed E-state index contributed by atoms with van der Waals surface area (Å²) in [6.45, 7) is -1.61. The van der Waals surface area contributed by atoms with E-state index in [2.05, 4.69) is 10.1 Å². The maximum atomic E-state index is 12.6. The van der Waals surface area contributed by atoms with E-state index in [4.69, 9.17) is 9.47 Å². The van der Waals surface area contributed by atoms with Gasteiger partial charge in [0.05, 0.1) is 25.2 Å². The van der Waals surface area contributed by atoms with Crippen molar-refractivity contribution >= 4 is 15.9 Å². The van der Waals surface area contributed by atoms with Crippen molar-refractivity contribution in [1.82, 2.24) is 9.62 Å². The van der Waals surface area contributed by atoms with Crippen LogP contribution in [0.1, 0.15) is 15.9 Å². The number of methoxy groups -OCH3 is 1. The first-order valence-electron chi connectivity index (χ1n) is 9.39. The van der Waals surface area contributed by atoms with Gasteiger partial charge >= 0.3 is 6.61 Å². The van der Waals surface area contributed by atoms with E-state index in [1.54, 1.807) is 12.1 Å². The fraction of sp³-hybridized carbons (Fsp3) is 0.350. The number of nitrogens with one attached hydrogen (secondary N) is 1. The number of hydrogen-bond donors (Lipinski definition) is 1. The van der Waals surface area contributed by atoms with E-state index in [1.807, 2.05) is 0 Å². The number of rotatable bonds is 8. The number of halogens is 2. The number of amides is 1. The van der Waals surface area contributed by atoms with Crippen LogP contribution >= 0.6 is 0 Å². The third-order valence-electron chi connectivity index (χ3n) is 4.63. The molecule has 0 aliphatic carbocycles. The number of benzene rings is 2. The van der Waals surface area contributed by atoms with E-state index in [-0.39, 0.29) is 28.5 Å². The van der Waals surface area contributed by atoms with Crippen LogP contribution in [0, 0.1) is 0 Å². The molecule has 1 aliphatic rings. The lowest BCUT2D eigenvalue weighted by Crippen LogP contribution is -2.40. The first-order valence-corrected chi connectivity index (χ1v) is 10.8. The second kappa shape index (κ2) is 10.0. The molecule has 168 valence electrons. The molecule has 3 rings (SSSR count). The van der Waals surface area contributed by atoms with Crippen LogP contribution in [0.4, 0.5) is 8.78 Å². The first kappa shape index (κ1) is 22.9. The van der Waals surface area contributed by atoms with Crippen LogP contribution in [-0.4, -0.2) is 58.7 Å². The molecule has 1 amide bonds. The molecule has 1 heterocycles. The average Bonchev–Trinajstić information content (AvgIpc) is 2.78. The Labute approximate surface area is 178 Å². The minimum absolute atomic E-state index is 0.0777. The molecule has 2 aromatic rings. The summed E-state index contributed by atoms with van der Waals surface area (Å²) in [4.78, 5) is 12.5. The predicted molar refractivity (Wildman–Crippen MR) is 107 cm³/mol. The number of nitrogens with zero attached hydrogens (tertiary/aromatic N) is 1. The summed E-state index contributed by atoms with van der Waals surface area (Å²) < 4.78 is 66.2. The highest BCUT2D eigenvalue weighted by atomic mass is 32.2. The van der Waals surface area contributed by atoms with Gasteiger partial charge in [-0.25, -0.2) is 8.42 Å². The molecular weight excluding hydrogens is 434 g/mol. The summed E-state index contributed by atoms with van der Waals surface area (Å²) in [5.41, 5.74) is 0.787. The van der Waals surface area contributed by atoms with Crippen molar-refractivity contribution in [3.8, 4) is 11.5 Å². The van der Waals surface area contributed by atoms with E-state index >= 15 is 0 Å². The average molecular weight is 456 g/mol. The molecule has 0 saturated carbocycles. The Bertz CT molecular complexity index is 1010. The van der Waals surface area contributed by atoms with E-state index in [0.29, 0.717) is 31.9 Å². The Hall–Kier alpha value is -2.76. The van der Waals surface area contributed by atoms with E-state index in [1.165, 1.54) is 41.7 Å². The van der Waals surface area contributed by atoms with Gasteiger partial charge in [-0.2, -0.15) is 13.1 Å². The monoisotopic (exact) mass is 456 g/mol. The Kier molecular flexibility index (Phi) is 7.42. The van der Waals surface area contributed by atoms with E-state index < -0.39 is 22.5 Å². The Morgan fingerprint density at radius 3 is 2.42 bits per heavy atom. The quantitative estimate of drug-likeness (QED) is 0.655. The smallest absolute Gasteiger partial charge is 0.387 e. The molecule has 11 heteroatoms. The number of hydrogen-bond acceptors (Lipinski definition) is 6. The van der Waals surface area contributed by atoms with Crippen molar-refractivity contribution in [3.05, 3.63) is 53.6 Å². The maximum Gasteiger partial charge on any atom is 0.387 e. The molecule has 0 atom stereocenters. The second-order valence-corrected chi connectivity index (χ2v) is 8.53. The van der Waals surface area contributed by atoms with Gasteiger partial charge in [0.25, 0.3) is 5.91 Å². The molecule has 0 spiro atoms. The van der Waals surface area contributed by atoms with Gasteiger partial charge < -0.3 is 19.5 Å². The lowest BCUT2D eigenvalue weighted by atomic mass is 10.1. The Balaban J connectivity index is 1.64. The van der Waals surface area contributed by atoms with Gasteiger partial charge in [0.1, 0.15) is 0 Å². The Morgan fingerprint density at radius 2 is 1.81 bits per heavy atom. The third-order valence-corrected chi connectivity index (χ3v) is 6.54. The molecule has 2 aromatic carbocycles. The molecule has 1 fully saturated rings. The van der Waals surface area contributed by atoms with Crippen LogP contribution in [0.3, 0.4) is 0 Å². The summed E-state index contributed by atoms with van der Waals surface area (Å²) in [6.07, 6.45) is 0. The van der Waals surface area contributed by atoms with Crippen LogP contribution in [0.2, 0.25) is 0 Å². The third kappa shape index (κ3) is 5.69. The molecule has 1 saturated heterocycles. The van der Waals surface area contributed by atoms with Gasteiger partial charge in [-0.1, -0.05) is 12.1 Å². The summed E-state index contributed by atoms with van der Waals surface area (Å²) >= 11 is 0. The molecule has 8 nitrogen and oxygen atoms in total. The van der Waals surface area contributed by atoms with E-state index in [0.717, 1.165) is 0 Å². The van der Waals surface area contributed by atoms with Crippen LogP contribution in [0.25, 0.3) is 0 Å². The summed E-state index contributed by atoms with van der Waals surface area (Å²) in [7, 11) is -2.29. The Morgan fingerprint density at radius 1 is 1.13 bits per heavy atom. The minimum atomic E-state index is -3.60. The molecule has 0 radical (unpaired) electrons. The summed E-state index contributed by atoms with van der Waals surface area (Å²) in [5.74, 6) is -0.677. The van der Waals surface area contributed by atoms with Crippen molar-refractivity contribution in [2.45, 2.75) is 18.1 Å². The highest BCUT2D eigenvalue weighted by molar-refractivity contribution is 7.89. The fourth-order valence-electron chi connectivity index (χ4n) is 3.01. The van der Waals surface area contributed by atoms with Crippen molar-refractivity contribution in [1.29, 1.82) is 0 Å². The zero-order chi connectivity index (χ0) is 22.4. The van der Waals surface area contributed by atoms with Crippen molar-refractivity contribution in [2.75, 3.05) is 33.4 Å². The number of ether oxygens (including phenoxy) is 3. The highest BCUT2D eigenvalue weighted by Crippen LogP contribution is 2.29. The summed E-state index contributed by atoms with van der Waals surface area (Å²) in [6, 6.07) is 10.1. The second-order valence-electron chi connectivity index (χ2n) is 6.59. The number of alkyl halides is 2. The van der Waals surface area contributed by atoms with Gasteiger partial charge in [0.2, 0.25) is 10.0 Å². The van der Waals surface area contributed by atoms with Gasteiger partial charge in [0, 0.05) is 25.2 Å². The van der Waals surface area contributed by atoms with Crippen LogP contribution < -0.4 is 14.8 Å².